The predicted octanol–water partition coefficient (Wildman–Crippen LogP) is 4.29. The van der Waals surface area contributed by atoms with E-state index in [1.165, 1.54) is 6.92 Å². The van der Waals surface area contributed by atoms with Gasteiger partial charge in [0.25, 0.3) is 5.91 Å². The third-order valence-corrected chi connectivity index (χ3v) is 5.46. The lowest BCUT2D eigenvalue weighted by atomic mass is 9.96. The molecule has 0 aliphatic rings. The molecule has 0 saturated heterocycles. The first-order valence-electron chi connectivity index (χ1n) is 9.59. The first-order valence-corrected chi connectivity index (χ1v) is 10.4. The zero-order valence-electron chi connectivity index (χ0n) is 18.5. The van der Waals surface area contributed by atoms with E-state index < -0.39 is 23.4 Å². The fraction of sp³-hybridized carbons (Fsp3) is 0.409. The number of amides is 2. The molecule has 2 rings (SSSR count). The molecule has 0 fully saturated rings. The number of carbonyl (C=O) groups is 3. The third-order valence-electron chi connectivity index (χ3n) is 4.33. The van der Waals surface area contributed by atoms with Gasteiger partial charge in [0.2, 0.25) is 5.91 Å². The van der Waals surface area contributed by atoms with Gasteiger partial charge in [-0.3, -0.25) is 9.59 Å². The number of hydrogen-bond acceptors (Lipinski definition) is 6. The molecule has 0 bridgehead atoms. The zero-order valence-corrected chi connectivity index (χ0v) is 19.3. The standard InChI is InChI=1S/C22H29N3O4S/c1-13-12-17(24-21(28)22(3,4)5)30-18(13)20(27)29-14(2)19(26)23-15-8-10-16(11-9-15)25(6)7/h8-12,14H,1-7H3,(H,23,26)(H,24,28)/t14-/m0/s1. The number of hydrogen-bond donors (Lipinski definition) is 2. The molecule has 7 nitrogen and oxygen atoms in total. The Hall–Kier alpha value is -2.87. The number of ether oxygens (including phenoxy) is 1. The van der Waals surface area contributed by atoms with Crippen LogP contribution in [0.3, 0.4) is 0 Å². The van der Waals surface area contributed by atoms with Crippen LogP contribution in [0.4, 0.5) is 16.4 Å². The topological polar surface area (TPSA) is 87.7 Å². The monoisotopic (exact) mass is 431 g/mol. The van der Waals surface area contributed by atoms with Crippen LogP contribution in [0.5, 0.6) is 0 Å². The summed E-state index contributed by atoms with van der Waals surface area (Å²) in [6.07, 6.45) is -0.972. The Kier molecular flexibility index (Phi) is 7.25. The average Bonchev–Trinajstić information content (AvgIpc) is 3.01. The SMILES string of the molecule is Cc1cc(NC(=O)C(C)(C)C)sc1C(=O)O[C@@H](C)C(=O)Nc1ccc(N(C)C)cc1. The average molecular weight is 432 g/mol. The van der Waals surface area contributed by atoms with Crippen LogP contribution in [0.1, 0.15) is 42.9 Å². The second kappa shape index (κ2) is 9.30. The summed E-state index contributed by atoms with van der Waals surface area (Å²) >= 11 is 1.13. The molecule has 8 heteroatoms. The van der Waals surface area contributed by atoms with Gasteiger partial charge < -0.3 is 20.3 Å². The van der Waals surface area contributed by atoms with Gasteiger partial charge in [-0.1, -0.05) is 20.8 Å². The van der Waals surface area contributed by atoms with Crippen molar-refractivity contribution in [1.82, 2.24) is 0 Å². The van der Waals surface area contributed by atoms with E-state index in [1.54, 1.807) is 25.1 Å². The number of thiophene rings is 1. The third kappa shape index (κ3) is 6.06. The van der Waals surface area contributed by atoms with Crippen LogP contribution in [0.25, 0.3) is 0 Å². The highest BCUT2D eigenvalue weighted by Crippen LogP contribution is 2.29. The molecule has 0 unspecified atom stereocenters. The summed E-state index contributed by atoms with van der Waals surface area (Å²) in [6.45, 7) is 8.72. The Bertz CT molecular complexity index is 927. The Balaban J connectivity index is 1.99. The fourth-order valence-corrected chi connectivity index (χ4v) is 3.35. The number of anilines is 3. The van der Waals surface area contributed by atoms with Gasteiger partial charge in [0.05, 0.1) is 5.00 Å². The van der Waals surface area contributed by atoms with Crippen LogP contribution in [-0.4, -0.2) is 38.0 Å². The van der Waals surface area contributed by atoms with Crippen LogP contribution in [0.2, 0.25) is 0 Å². The summed E-state index contributed by atoms with van der Waals surface area (Å²) in [5.41, 5.74) is 1.76. The van der Waals surface area contributed by atoms with Gasteiger partial charge in [-0.15, -0.1) is 11.3 Å². The minimum Gasteiger partial charge on any atom is -0.448 e. The molecular formula is C22H29N3O4S. The van der Waals surface area contributed by atoms with E-state index in [9.17, 15) is 14.4 Å². The second-order valence-corrected chi connectivity index (χ2v) is 9.36. The van der Waals surface area contributed by atoms with Gasteiger partial charge in [-0.25, -0.2) is 4.79 Å². The molecule has 0 radical (unpaired) electrons. The van der Waals surface area contributed by atoms with Gasteiger partial charge in [0.1, 0.15) is 4.88 Å². The van der Waals surface area contributed by atoms with Crippen LogP contribution in [0.15, 0.2) is 30.3 Å². The van der Waals surface area contributed by atoms with Gasteiger partial charge in [0, 0.05) is 30.9 Å². The lowest BCUT2D eigenvalue weighted by Crippen LogP contribution is -2.30. The summed E-state index contributed by atoms with van der Waals surface area (Å²) in [7, 11) is 3.86. The number of aryl methyl sites for hydroxylation is 1. The van der Waals surface area contributed by atoms with Crippen LogP contribution >= 0.6 is 11.3 Å². The van der Waals surface area contributed by atoms with E-state index in [0.717, 1.165) is 17.0 Å². The Labute approximate surface area is 181 Å². The van der Waals surface area contributed by atoms with E-state index in [4.69, 9.17) is 4.74 Å². The number of nitrogens with zero attached hydrogens (tertiary/aromatic N) is 1. The Morgan fingerprint density at radius 1 is 1.07 bits per heavy atom. The smallest absolute Gasteiger partial charge is 0.349 e. The first-order chi connectivity index (χ1) is 13.9. The second-order valence-electron chi connectivity index (χ2n) is 8.31. The van der Waals surface area contributed by atoms with E-state index in [-0.39, 0.29) is 5.91 Å². The molecular weight excluding hydrogens is 402 g/mol. The molecule has 0 aliphatic heterocycles. The molecule has 0 spiro atoms. The lowest BCUT2D eigenvalue weighted by molar-refractivity contribution is -0.124. The molecule has 2 N–H and O–H groups in total. The normalized spacial score (nSPS) is 12.1. The highest BCUT2D eigenvalue weighted by atomic mass is 32.1. The fourth-order valence-electron chi connectivity index (χ4n) is 2.40. The highest BCUT2D eigenvalue weighted by Gasteiger charge is 2.25. The predicted molar refractivity (Wildman–Crippen MR) is 121 cm³/mol. The van der Waals surface area contributed by atoms with Crippen molar-refractivity contribution in [2.24, 2.45) is 5.41 Å². The van der Waals surface area contributed by atoms with Crippen molar-refractivity contribution < 1.29 is 19.1 Å². The molecule has 2 amide bonds. The lowest BCUT2D eigenvalue weighted by Gasteiger charge is -2.16. The van der Waals surface area contributed by atoms with Gasteiger partial charge in [-0.2, -0.15) is 0 Å². The van der Waals surface area contributed by atoms with Gasteiger partial charge in [0.15, 0.2) is 6.10 Å². The summed E-state index contributed by atoms with van der Waals surface area (Å²) < 4.78 is 5.34. The van der Waals surface area contributed by atoms with E-state index in [0.29, 0.717) is 21.1 Å². The van der Waals surface area contributed by atoms with Crippen molar-refractivity contribution >= 4 is 45.5 Å². The maximum Gasteiger partial charge on any atom is 0.349 e. The number of carbonyl (C=O) groups excluding carboxylic acids is 3. The van der Waals surface area contributed by atoms with Crippen molar-refractivity contribution in [3.05, 3.63) is 40.8 Å². The minimum atomic E-state index is -0.972. The van der Waals surface area contributed by atoms with E-state index >= 15 is 0 Å². The summed E-state index contributed by atoms with van der Waals surface area (Å²) in [5, 5.41) is 6.11. The molecule has 30 heavy (non-hydrogen) atoms. The number of nitrogens with one attached hydrogen (secondary N) is 2. The maximum absolute atomic E-state index is 12.5. The Morgan fingerprint density at radius 3 is 2.20 bits per heavy atom. The van der Waals surface area contributed by atoms with Crippen molar-refractivity contribution in [2.45, 2.75) is 40.7 Å². The summed E-state index contributed by atoms with van der Waals surface area (Å²) in [4.78, 5) is 39.4. The molecule has 1 atom stereocenters. The number of benzene rings is 1. The first kappa shape index (κ1) is 23.4. The van der Waals surface area contributed by atoms with Crippen molar-refractivity contribution in [3.8, 4) is 0 Å². The minimum absolute atomic E-state index is 0.142. The summed E-state index contributed by atoms with van der Waals surface area (Å²) in [6, 6.07) is 9.07. The Morgan fingerprint density at radius 2 is 1.67 bits per heavy atom. The van der Waals surface area contributed by atoms with Gasteiger partial charge >= 0.3 is 5.97 Å². The molecule has 162 valence electrons. The molecule has 1 heterocycles. The van der Waals surface area contributed by atoms with Crippen molar-refractivity contribution in [3.63, 3.8) is 0 Å². The number of esters is 1. The highest BCUT2D eigenvalue weighted by molar-refractivity contribution is 7.18. The van der Waals surface area contributed by atoms with E-state index in [2.05, 4.69) is 10.6 Å². The van der Waals surface area contributed by atoms with Crippen LogP contribution in [-0.2, 0) is 14.3 Å². The molecule has 0 aliphatic carbocycles. The molecule has 1 aromatic carbocycles. The zero-order chi connectivity index (χ0) is 22.6. The van der Waals surface area contributed by atoms with Crippen molar-refractivity contribution in [1.29, 1.82) is 0 Å². The number of rotatable bonds is 6. The molecule has 1 aromatic heterocycles. The van der Waals surface area contributed by atoms with Gasteiger partial charge in [-0.05, 0) is 49.7 Å². The van der Waals surface area contributed by atoms with E-state index in [1.807, 2.05) is 51.9 Å². The quantitative estimate of drug-likeness (QED) is 0.666. The maximum atomic E-state index is 12.5. The molecule has 2 aromatic rings. The van der Waals surface area contributed by atoms with Crippen LogP contribution < -0.4 is 15.5 Å². The van der Waals surface area contributed by atoms with Crippen molar-refractivity contribution in [2.75, 3.05) is 29.6 Å². The summed E-state index contributed by atoms with van der Waals surface area (Å²) in [5.74, 6) is -1.16. The molecule has 0 saturated carbocycles. The largest absolute Gasteiger partial charge is 0.448 e. The van der Waals surface area contributed by atoms with Crippen LogP contribution in [0, 0.1) is 12.3 Å².